The van der Waals surface area contributed by atoms with Crippen molar-refractivity contribution in [3.8, 4) is 11.8 Å². The summed E-state index contributed by atoms with van der Waals surface area (Å²) >= 11 is 11.7. The van der Waals surface area contributed by atoms with Crippen molar-refractivity contribution < 1.29 is 26.3 Å². The fraction of sp³-hybridized carbons (Fsp3) is 0.333. The van der Waals surface area contributed by atoms with Crippen LogP contribution in [0, 0.1) is 11.3 Å². The summed E-state index contributed by atoms with van der Waals surface area (Å²) in [7, 11) is 0. The van der Waals surface area contributed by atoms with E-state index in [0.717, 1.165) is 10.9 Å². The Morgan fingerprint density at radius 2 is 1.71 bits per heavy atom. The maximum absolute atomic E-state index is 13.7. The number of hydrogen-bond acceptors (Lipinski definition) is 4. The summed E-state index contributed by atoms with van der Waals surface area (Å²) in [5.41, 5.74) is -5.43. The molecule has 1 aromatic heterocycles. The van der Waals surface area contributed by atoms with Gasteiger partial charge >= 0.3 is 12.4 Å². The molecule has 0 saturated heterocycles. The van der Waals surface area contributed by atoms with Gasteiger partial charge in [-0.25, -0.2) is 4.68 Å². The van der Waals surface area contributed by atoms with E-state index in [0.29, 0.717) is 12.1 Å². The van der Waals surface area contributed by atoms with Crippen molar-refractivity contribution in [2.45, 2.75) is 24.3 Å². The molecule has 148 valence electrons. The number of hydrogen-bond donors (Lipinski definition) is 0. The molecule has 13 heteroatoms. The lowest BCUT2D eigenvalue weighted by Crippen LogP contribution is -2.39. The fourth-order valence-corrected chi connectivity index (χ4v) is 3.45. The number of nitriles is 1. The molecule has 0 amide bonds. The molecule has 1 unspecified atom stereocenters. The van der Waals surface area contributed by atoms with Gasteiger partial charge in [-0.3, -0.25) is 0 Å². The molecule has 3 rings (SSSR count). The highest BCUT2D eigenvalue weighted by Gasteiger charge is 2.60. The van der Waals surface area contributed by atoms with Crippen LogP contribution in [0.3, 0.4) is 0 Å². The summed E-state index contributed by atoms with van der Waals surface area (Å²) in [5, 5.41) is 18.6. The Morgan fingerprint density at radius 1 is 1.11 bits per heavy atom. The summed E-state index contributed by atoms with van der Waals surface area (Å²) in [4.78, 5) is 0. The molecule has 28 heavy (non-hydrogen) atoms. The predicted octanol–water partition coefficient (Wildman–Crippen LogP) is 5.68. The van der Waals surface area contributed by atoms with Gasteiger partial charge in [0.05, 0.1) is 22.2 Å². The number of nitrogens with zero attached hydrogens (tertiary/aromatic N) is 5. The number of alkyl halides is 6. The normalized spacial score (nSPS) is 19.8. The molecule has 0 radical (unpaired) electrons. The zero-order chi connectivity index (χ0) is 20.9. The van der Waals surface area contributed by atoms with E-state index in [4.69, 9.17) is 23.2 Å². The molecule has 0 bridgehead atoms. The van der Waals surface area contributed by atoms with Crippen LogP contribution in [-0.2, 0) is 11.7 Å². The first kappa shape index (κ1) is 20.4. The maximum atomic E-state index is 13.7. The van der Waals surface area contributed by atoms with Crippen LogP contribution in [0.2, 0.25) is 10.0 Å². The van der Waals surface area contributed by atoms with Crippen molar-refractivity contribution in [3.05, 3.63) is 45.2 Å². The molecular weight excluding hydrogens is 435 g/mol. The van der Waals surface area contributed by atoms with Gasteiger partial charge in [-0.2, -0.15) is 46.9 Å². The smallest absolute Gasteiger partial charge is 0.236 e. The van der Waals surface area contributed by atoms with Crippen molar-refractivity contribution in [1.29, 1.82) is 5.26 Å². The Hall–Kier alpha value is -2.32. The highest BCUT2D eigenvalue weighted by atomic mass is 35.5. The number of halogens is 8. The lowest BCUT2D eigenvalue weighted by atomic mass is 9.88. The van der Waals surface area contributed by atoms with E-state index in [9.17, 15) is 31.6 Å². The standard InChI is InChI=1S/C15H7Cl2F6N5/c16-9-3-7(14(18,19)20)4-10(17)12(9)28-6-8(11(5-24)26-28)13(15(21,22)23)1-2-25-27-13/h3-4,6H,1-2H2. The maximum Gasteiger partial charge on any atom is 0.419 e. The molecular formula is C15H7Cl2F6N5. The van der Waals surface area contributed by atoms with E-state index in [2.05, 4.69) is 15.3 Å². The second-order valence-corrected chi connectivity index (χ2v) is 6.62. The first-order valence-corrected chi connectivity index (χ1v) is 8.18. The minimum absolute atomic E-state index is 0.211. The van der Waals surface area contributed by atoms with Gasteiger partial charge < -0.3 is 0 Å². The van der Waals surface area contributed by atoms with Crippen molar-refractivity contribution in [2.75, 3.05) is 6.54 Å². The topological polar surface area (TPSA) is 66.3 Å². The molecule has 5 nitrogen and oxygen atoms in total. The Kier molecular flexibility index (Phi) is 4.84. The molecule has 2 aromatic rings. The fourth-order valence-electron chi connectivity index (χ4n) is 2.79. The molecule has 0 saturated carbocycles. The third-order valence-corrected chi connectivity index (χ3v) is 4.70. The van der Waals surface area contributed by atoms with Crippen LogP contribution in [0.25, 0.3) is 5.69 Å². The summed E-state index contributed by atoms with van der Waals surface area (Å²) in [6, 6.07) is 2.66. The second-order valence-electron chi connectivity index (χ2n) is 5.81. The Bertz CT molecular complexity index is 981. The Balaban J connectivity index is 2.20. The van der Waals surface area contributed by atoms with Gasteiger partial charge in [0.2, 0.25) is 5.54 Å². The zero-order valence-electron chi connectivity index (χ0n) is 13.4. The van der Waals surface area contributed by atoms with Gasteiger partial charge in [-0.05, 0) is 12.1 Å². The van der Waals surface area contributed by atoms with Gasteiger partial charge in [-0.1, -0.05) is 23.2 Å². The summed E-state index contributed by atoms with van der Waals surface area (Å²) in [5.74, 6) is 0. The molecule has 0 fully saturated rings. The molecule has 1 aromatic carbocycles. The van der Waals surface area contributed by atoms with E-state index in [1.807, 2.05) is 0 Å². The SMILES string of the molecule is N#Cc1nn(-c2c(Cl)cc(C(F)(F)F)cc2Cl)cc1C1(C(F)(F)F)CCN=N1. The number of azo groups is 1. The quantitative estimate of drug-likeness (QED) is 0.562. The van der Waals surface area contributed by atoms with Gasteiger partial charge in [0, 0.05) is 18.2 Å². The monoisotopic (exact) mass is 441 g/mol. The van der Waals surface area contributed by atoms with E-state index in [1.54, 1.807) is 0 Å². The molecule has 0 aliphatic carbocycles. The zero-order valence-corrected chi connectivity index (χ0v) is 14.9. The number of benzene rings is 1. The molecule has 0 spiro atoms. The molecule has 0 N–H and O–H groups in total. The Labute approximate surface area is 163 Å². The van der Waals surface area contributed by atoms with Gasteiger partial charge in [0.15, 0.2) is 5.69 Å². The third kappa shape index (κ3) is 3.20. The third-order valence-electron chi connectivity index (χ3n) is 4.12. The van der Waals surface area contributed by atoms with E-state index in [-0.39, 0.29) is 12.2 Å². The van der Waals surface area contributed by atoms with Gasteiger partial charge in [-0.15, -0.1) is 0 Å². The van der Waals surface area contributed by atoms with Gasteiger partial charge in [0.25, 0.3) is 0 Å². The van der Waals surface area contributed by atoms with Crippen molar-refractivity contribution in [1.82, 2.24) is 9.78 Å². The summed E-state index contributed by atoms with van der Waals surface area (Å²) in [6.45, 7) is -0.211. The first-order chi connectivity index (χ1) is 12.9. The number of rotatable bonds is 2. The van der Waals surface area contributed by atoms with E-state index >= 15 is 0 Å². The largest absolute Gasteiger partial charge is 0.419 e. The minimum Gasteiger partial charge on any atom is -0.236 e. The van der Waals surface area contributed by atoms with Crippen LogP contribution in [-0.4, -0.2) is 22.5 Å². The molecule has 1 aliphatic rings. The van der Waals surface area contributed by atoms with Crippen LogP contribution >= 0.6 is 23.2 Å². The highest BCUT2D eigenvalue weighted by Crippen LogP contribution is 2.49. The Morgan fingerprint density at radius 3 is 2.14 bits per heavy atom. The minimum atomic E-state index is -4.87. The second kappa shape index (κ2) is 6.63. The average molecular weight is 442 g/mol. The van der Waals surface area contributed by atoms with Crippen molar-refractivity contribution in [2.24, 2.45) is 10.2 Å². The predicted molar refractivity (Wildman–Crippen MR) is 85.4 cm³/mol. The molecule has 2 heterocycles. The molecule has 1 aliphatic heterocycles. The lowest BCUT2D eigenvalue weighted by molar-refractivity contribution is -0.188. The van der Waals surface area contributed by atoms with E-state index < -0.39 is 51.2 Å². The lowest BCUT2D eigenvalue weighted by Gasteiger charge is -2.26. The van der Waals surface area contributed by atoms with Gasteiger partial charge in [0.1, 0.15) is 11.8 Å². The number of aromatic nitrogens is 2. The van der Waals surface area contributed by atoms with Crippen molar-refractivity contribution >= 4 is 23.2 Å². The van der Waals surface area contributed by atoms with Crippen molar-refractivity contribution in [3.63, 3.8) is 0 Å². The van der Waals surface area contributed by atoms with Crippen LogP contribution in [0.15, 0.2) is 28.6 Å². The van der Waals surface area contributed by atoms with Crippen LogP contribution in [0.4, 0.5) is 26.3 Å². The van der Waals surface area contributed by atoms with Crippen LogP contribution in [0.5, 0.6) is 0 Å². The first-order valence-electron chi connectivity index (χ1n) is 7.43. The van der Waals surface area contributed by atoms with Crippen LogP contribution < -0.4 is 0 Å². The summed E-state index contributed by atoms with van der Waals surface area (Å²) in [6.07, 6.45) is -9.31. The highest BCUT2D eigenvalue weighted by molar-refractivity contribution is 6.37. The van der Waals surface area contributed by atoms with E-state index in [1.165, 1.54) is 6.07 Å². The van der Waals surface area contributed by atoms with Crippen LogP contribution in [0.1, 0.15) is 23.2 Å². The summed E-state index contributed by atoms with van der Waals surface area (Å²) < 4.78 is 80.4. The average Bonchev–Trinajstić information content (AvgIpc) is 3.20. The molecule has 1 atom stereocenters.